The number of hydrogen-bond donors (Lipinski definition) is 0. The van der Waals surface area contributed by atoms with Crippen LogP contribution < -0.4 is 4.74 Å². The van der Waals surface area contributed by atoms with Crippen LogP contribution in [0.4, 0.5) is 17.6 Å². The van der Waals surface area contributed by atoms with Gasteiger partial charge in [-0.25, -0.2) is 9.37 Å². The lowest BCUT2D eigenvalue weighted by Gasteiger charge is -2.25. The lowest BCUT2D eigenvalue weighted by Crippen LogP contribution is -2.28. The Morgan fingerprint density at radius 2 is 1.84 bits per heavy atom. The molecule has 2 heterocycles. The van der Waals surface area contributed by atoms with Crippen molar-refractivity contribution in [1.82, 2.24) is 4.98 Å². The molecule has 1 unspecified atom stereocenters. The van der Waals surface area contributed by atoms with E-state index in [0.717, 1.165) is 0 Å². The number of allylic oxidation sites excluding steroid dienone is 1. The minimum Gasteiger partial charge on any atom is -0.490 e. The number of benzene rings is 1. The van der Waals surface area contributed by atoms with E-state index in [9.17, 15) is 22.4 Å². The van der Waals surface area contributed by atoms with Gasteiger partial charge in [-0.3, -0.25) is 4.79 Å². The van der Waals surface area contributed by atoms with Crippen molar-refractivity contribution < 1.29 is 31.8 Å². The zero-order valence-electron chi connectivity index (χ0n) is 18.4. The first-order valence-electron chi connectivity index (χ1n) is 10.1. The largest absolute Gasteiger partial charge is 0.490 e. The van der Waals surface area contributed by atoms with E-state index in [-0.39, 0.29) is 24.4 Å². The van der Waals surface area contributed by atoms with Gasteiger partial charge in [0, 0.05) is 23.0 Å². The zero-order chi connectivity index (χ0) is 23.9. The van der Waals surface area contributed by atoms with Crippen LogP contribution in [-0.4, -0.2) is 29.3 Å². The maximum atomic E-state index is 13.4. The van der Waals surface area contributed by atoms with Crippen molar-refractivity contribution >= 4 is 11.5 Å². The summed E-state index contributed by atoms with van der Waals surface area (Å²) in [5, 5.41) is 0. The van der Waals surface area contributed by atoms with Gasteiger partial charge in [-0.1, -0.05) is 13.5 Å². The maximum Gasteiger partial charge on any atom is 0.417 e. The zero-order valence-corrected chi connectivity index (χ0v) is 18.4. The molecule has 0 amide bonds. The molecule has 3 rings (SSSR count). The fraction of sp³-hybridized carbons (Fsp3) is 0.417. The highest BCUT2D eigenvalue weighted by Crippen LogP contribution is 2.48. The maximum absolute atomic E-state index is 13.4. The van der Waals surface area contributed by atoms with E-state index < -0.39 is 34.6 Å². The normalized spacial score (nSPS) is 18.1. The first-order valence-corrected chi connectivity index (χ1v) is 10.1. The average Bonchev–Trinajstić information content (AvgIpc) is 3.01. The first-order chi connectivity index (χ1) is 14.7. The number of halogens is 4. The summed E-state index contributed by atoms with van der Waals surface area (Å²) in [4.78, 5) is 16.4. The number of alkyl halides is 3. The van der Waals surface area contributed by atoms with E-state index in [1.807, 2.05) is 6.92 Å². The minimum atomic E-state index is -4.67. The highest BCUT2D eigenvalue weighted by atomic mass is 19.4. The van der Waals surface area contributed by atoms with Crippen LogP contribution in [0.2, 0.25) is 0 Å². The number of fused-ring (bicyclic) bond motifs is 1. The van der Waals surface area contributed by atoms with Crippen LogP contribution in [0.3, 0.4) is 0 Å². The van der Waals surface area contributed by atoms with E-state index in [1.54, 1.807) is 20.8 Å². The number of carbonyl (C=O) groups excluding carboxylic acids is 1. The number of pyridine rings is 1. The van der Waals surface area contributed by atoms with Gasteiger partial charge in [-0.2, -0.15) is 13.2 Å². The molecule has 1 aromatic heterocycles. The fourth-order valence-electron chi connectivity index (χ4n) is 3.52. The predicted molar refractivity (Wildman–Crippen MR) is 113 cm³/mol. The summed E-state index contributed by atoms with van der Waals surface area (Å²) >= 11 is 0. The van der Waals surface area contributed by atoms with E-state index in [2.05, 4.69) is 11.6 Å². The van der Waals surface area contributed by atoms with Gasteiger partial charge in [0.2, 0.25) is 0 Å². The minimum absolute atomic E-state index is 0.0698. The molecule has 0 N–H and O–H groups in total. The number of ether oxygens (including phenoxy) is 2. The Kier molecular flexibility index (Phi) is 6.10. The molecule has 8 heteroatoms. The molecule has 0 bridgehead atoms. The quantitative estimate of drug-likeness (QED) is 0.399. The second-order valence-corrected chi connectivity index (χ2v) is 9.15. The van der Waals surface area contributed by atoms with Gasteiger partial charge in [0.15, 0.2) is 0 Å². The summed E-state index contributed by atoms with van der Waals surface area (Å²) in [6.07, 6.45) is -4.30. The number of nitrogens with zero attached hydrogens (tertiary/aromatic N) is 1. The molecule has 32 heavy (non-hydrogen) atoms. The molecule has 1 aliphatic rings. The van der Waals surface area contributed by atoms with E-state index in [1.165, 1.54) is 30.3 Å². The van der Waals surface area contributed by atoms with Crippen molar-refractivity contribution in [3.05, 3.63) is 54.0 Å². The molecular formula is C24H25F4NO3. The van der Waals surface area contributed by atoms with Crippen molar-refractivity contribution in [2.45, 2.75) is 57.7 Å². The molecule has 0 spiro atoms. The molecule has 0 radical (unpaired) electrons. The van der Waals surface area contributed by atoms with Crippen LogP contribution >= 0.6 is 0 Å². The average molecular weight is 451 g/mol. The standard InChI is InChI=1S/C24H25F4NO3/c1-14(24(26,27)28)18-12-17-21(20(29-18)15-6-8-16(25)9-7-15)31-13-23(17,5)11-10-19(30)32-22(2,3)4/h6-9,12H,1,10-11,13H2,2-5H3. The lowest BCUT2D eigenvalue weighted by molar-refractivity contribution is -0.155. The Bertz CT molecular complexity index is 1040. The second kappa shape index (κ2) is 8.22. The van der Waals surface area contributed by atoms with Gasteiger partial charge in [0.05, 0.1) is 17.9 Å². The van der Waals surface area contributed by atoms with Crippen molar-refractivity contribution in [3.63, 3.8) is 0 Å². The van der Waals surface area contributed by atoms with Crippen LogP contribution in [0.5, 0.6) is 5.75 Å². The van der Waals surface area contributed by atoms with Crippen LogP contribution in [0.15, 0.2) is 36.9 Å². The molecule has 1 aromatic carbocycles. The molecule has 172 valence electrons. The van der Waals surface area contributed by atoms with Gasteiger partial charge < -0.3 is 9.47 Å². The Balaban J connectivity index is 2.04. The van der Waals surface area contributed by atoms with E-state index >= 15 is 0 Å². The van der Waals surface area contributed by atoms with Crippen molar-refractivity contribution in [3.8, 4) is 17.0 Å². The summed E-state index contributed by atoms with van der Waals surface area (Å²) in [5.74, 6) is -0.564. The molecular weight excluding hydrogens is 426 g/mol. The third-order valence-corrected chi connectivity index (χ3v) is 5.23. The molecule has 0 saturated carbocycles. The van der Waals surface area contributed by atoms with Crippen molar-refractivity contribution in [2.75, 3.05) is 6.61 Å². The first kappa shape index (κ1) is 23.8. The predicted octanol–water partition coefficient (Wildman–Crippen LogP) is 6.24. The molecule has 0 fully saturated rings. The van der Waals surface area contributed by atoms with Crippen LogP contribution in [-0.2, 0) is 14.9 Å². The van der Waals surface area contributed by atoms with Gasteiger partial charge in [0.25, 0.3) is 0 Å². The monoisotopic (exact) mass is 451 g/mol. The summed E-state index contributed by atoms with van der Waals surface area (Å²) < 4.78 is 64.8. The van der Waals surface area contributed by atoms with E-state index in [0.29, 0.717) is 23.3 Å². The summed E-state index contributed by atoms with van der Waals surface area (Å²) in [6.45, 7) is 10.4. The number of hydrogen-bond acceptors (Lipinski definition) is 4. The molecule has 1 aliphatic heterocycles. The SMILES string of the molecule is C=C(c1cc2c(c(-c3ccc(F)cc3)n1)OCC2(C)CCC(=O)OC(C)(C)C)C(F)(F)F. The Morgan fingerprint density at radius 3 is 2.41 bits per heavy atom. The number of aromatic nitrogens is 1. The van der Waals surface area contributed by atoms with Crippen LogP contribution in [0.1, 0.15) is 51.8 Å². The Morgan fingerprint density at radius 1 is 1.22 bits per heavy atom. The number of esters is 1. The molecule has 2 aromatic rings. The second-order valence-electron chi connectivity index (χ2n) is 9.15. The highest BCUT2D eigenvalue weighted by Gasteiger charge is 2.41. The number of rotatable bonds is 5. The van der Waals surface area contributed by atoms with Gasteiger partial charge >= 0.3 is 12.1 Å². The summed E-state index contributed by atoms with van der Waals surface area (Å²) in [5.41, 5.74) is -1.74. The molecule has 0 aliphatic carbocycles. The third-order valence-electron chi connectivity index (χ3n) is 5.23. The highest BCUT2D eigenvalue weighted by molar-refractivity contribution is 5.76. The van der Waals surface area contributed by atoms with E-state index in [4.69, 9.17) is 9.47 Å². The third kappa shape index (κ3) is 5.11. The van der Waals surface area contributed by atoms with Crippen LogP contribution in [0, 0.1) is 5.82 Å². The summed E-state index contributed by atoms with van der Waals surface area (Å²) in [6, 6.07) is 6.58. The molecule has 1 atom stereocenters. The van der Waals surface area contributed by atoms with Crippen molar-refractivity contribution in [1.29, 1.82) is 0 Å². The topological polar surface area (TPSA) is 48.4 Å². The Hall–Kier alpha value is -2.90. The van der Waals surface area contributed by atoms with Gasteiger partial charge in [-0.15, -0.1) is 0 Å². The fourth-order valence-corrected chi connectivity index (χ4v) is 3.52. The van der Waals surface area contributed by atoms with Crippen molar-refractivity contribution in [2.24, 2.45) is 0 Å². The van der Waals surface area contributed by atoms with Gasteiger partial charge in [-0.05, 0) is 57.5 Å². The lowest BCUT2D eigenvalue weighted by atomic mass is 9.79. The number of carbonyl (C=O) groups is 1. The molecule has 4 nitrogen and oxygen atoms in total. The van der Waals surface area contributed by atoms with Gasteiger partial charge in [0.1, 0.15) is 22.9 Å². The molecule has 0 saturated heterocycles. The Labute approximate surface area is 184 Å². The smallest absolute Gasteiger partial charge is 0.417 e. The van der Waals surface area contributed by atoms with Crippen LogP contribution in [0.25, 0.3) is 16.8 Å². The summed E-state index contributed by atoms with van der Waals surface area (Å²) in [7, 11) is 0.